The number of amides is 2. The Balaban J connectivity index is 1.63. The highest BCUT2D eigenvalue weighted by Crippen LogP contribution is 2.39. The number of likely N-dealkylation sites (tertiary alicyclic amines) is 1. The van der Waals surface area contributed by atoms with E-state index >= 15 is 0 Å². The zero-order chi connectivity index (χ0) is 18.0. The Labute approximate surface area is 150 Å². The summed E-state index contributed by atoms with van der Waals surface area (Å²) in [5.41, 5.74) is 1.27. The smallest absolute Gasteiger partial charge is 0.253 e. The van der Waals surface area contributed by atoms with Gasteiger partial charge in [0.1, 0.15) is 0 Å². The van der Waals surface area contributed by atoms with E-state index in [0.29, 0.717) is 29.9 Å². The molecule has 0 aromatic heterocycles. The summed E-state index contributed by atoms with van der Waals surface area (Å²) >= 11 is 0. The molecule has 1 aliphatic carbocycles. The van der Waals surface area contributed by atoms with Crippen molar-refractivity contribution in [3.8, 4) is 0 Å². The highest BCUT2D eigenvalue weighted by atomic mass is 16.2. The Morgan fingerprint density at radius 1 is 1.24 bits per heavy atom. The summed E-state index contributed by atoms with van der Waals surface area (Å²) in [6.45, 7) is 2.68. The van der Waals surface area contributed by atoms with E-state index in [1.165, 1.54) is 37.0 Å². The van der Waals surface area contributed by atoms with Gasteiger partial charge in [0, 0.05) is 37.4 Å². The fourth-order valence-electron chi connectivity index (χ4n) is 4.43. The highest BCUT2D eigenvalue weighted by Gasteiger charge is 2.40. The summed E-state index contributed by atoms with van der Waals surface area (Å²) in [4.78, 5) is 28.5. The zero-order valence-electron chi connectivity index (χ0n) is 15.5. The molecule has 25 heavy (non-hydrogen) atoms. The van der Waals surface area contributed by atoms with Crippen molar-refractivity contribution < 1.29 is 9.59 Å². The van der Waals surface area contributed by atoms with Gasteiger partial charge in [-0.3, -0.25) is 14.5 Å². The van der Waals surface area contributed by atoms with Crippen LogP contribution in [0, 0.1) is 5.92 Å². The molecule has 2 amide bonds. The lowest BCUT2D eigenvalue weighted by Crippen LogP contribution is -2.42. The summed E-state index contributed by atoms with van der Waals surface area (Å²) in [6.07, 6.45) is 6.35. The van der Waals surface area contributed by atoms with E-state index in [4.69, 9.17) is 0 Å². The highest BCUT2D eigenvalue weighted by molar-refractivity contribution is 5.97. The molecule has 3 atom stereocenters. The number of carbonyl (C=O) groups excluding carboxylic acids is 2. The Kier molecular flexibility index (Phi) is 5.42. The van der Waals surface area contributed by atoms with Crippen LogP contribution in [0.4, 0.5) is 5.69 Å². The van der Waals surface area contributed by atoms with E-state index in [-0.39, 0.29) is 11.8 Å². The second-order valence-corrected chi connectivity index (χ2v) is 7.70. The van der Waals surface area contributed by atoms with Crippen LogP contribution >= 0.6 is 0 Å². The molecular weight excluding hydrogens is 314 g/mol. The summed E-state index contributed by atoms with van der Waals surface area (Å²) in [5, 5.41) is 2.97. The van der Waals surface area contributed by atoms with Gasteiger partial charge < -0.3 is 10.2 Å². The van der Waals surface area contributed by atoms with Crippen LogP contribution in [0.5, 0.6) is 0 Å². The molecule has 136 valence electrons. The molecule has 3 rings (SSSR count). The Morgan fingerprint density at radius 2 is 2.00 bits per heavy atom. The van der Waals surface area contributed by atoms with Crippen molar-refractivity contribution in [2.75, 3.05) is 26.0 Å². The minimum atomic E-state index is -0.0608. The van der Waals surface area contributed by atoms with Crippen LogP contribution in [0.25, 0.3) is 0 Å². The molecule has 0 bridgehead atoms. The van der Waals surface area contributed by atoms with Gasteiger partial charge in [0.25, 0.3) is 5.91 Å². The predicted octanol–water partition coefficient (Wildman–Crippen LogP) is 2.98. The average molecular weight is 343 g/mol. The SMILES string of the molecule is C[C@@H]1C[C@H]2CCCC[C@H]2N1CC(=O)Nc1cccc(C(=O)N(C)C)c1. The number of carbonyl (C=O) groups is 2. The zero-order valence-corrected chi connectivity index (χ0v) is 15.5. The van der Waals surface area contributed by atoms with E-state index in [1.807, 2.05) is 12.1 Å². The molecule has 1 N–H and O–H groups in total. The predicted molar refractivity (Wildman–Crippen MR) is 99.6 cm³/mol. The van der Waals surface area contributed by atoms with Gasteiger partial charge in [-0.1, -0.05) is 18.9 Å². The fraction of sp³-hybridized carbons (Fsp3) is 0.600. The van der Waals surface area contributed by atoms with Crippen molar-refractivity contribution in [3.63, 3.8) is 0 Å². The molecular formula is C20H29N3O2. The average Bonchev–Trinajstić information content (AvgIpc) is 2.90. The summed E-state index contributed by atoms with van der Waals surface area (Å²) in [5.74, 6) is 0.708. The van der Waals surface area contributed by atoms with Gasteiger partial charge in [-0.25, -0.2) is 0 Å². The van der Waals surface area contributed by atoms with Crippen LogP contribution < -0.4 is 5.32 Å². The van der Waals surface area contributed by atoms with Crippen LogP contribution in [-0.2, 0) is 4.79 Å². The normalized spacial score (nSPS) is 26.1. The van der Waals surface area contributed by atoms with E-state index in [9.17, 15) is 9.59 Å². The van der Waals surface area contributed by atoms with E-state index in [0.717, 1.165) is 5.92 Å². The van der Waals surface area contributed by atoms with Crippen LogP contribution in [0.15, 0.2) is 24.3 Å². The molecule has 5 nitrogen and oxygen atoms in total. The number of nitrogens with one attached hydrogen (secondary N) is 1. The van der Waals surface area contributed by atoms with Crippen molar-refractivity contribution in [1.82, 2.24) is 9.80 Å². The van der Waals surface area contributed by atoms with Crippen LogP contribution in [0.3, 0.4) is 0 Å². The van der Waals surface area contributed by atoms with Gasteiger partial charge in [-0.15, -0.1) is 0 Å². The monoisotopic (exact) mass is 343 g/mol. The molecule has 1 aromatic carbocycles. The van der Waals surface area contributed by atoms with Crippen LogP contribution in [-0.4, -0.2) is 54.3 Å². The molecule has 2 aliphatic rings. The number of benzene rings is 1. The standard InChI is InChI=1S/C20H29N3O2/c1-14-11-15-7-4-5-10-18(15)23(14)13-19(24)21-17-9-6-8-16(12-17)20(25)22(2)3/h6,8-9,12,14-15,18H,4-5,7,10-11,13H2,1-3H3,(H,21,24)/t14-,15-,18-/m1/s1. The Morgan fingerprint density at radius 3 is 2.76 bits per heavy atom. The maximum Gasteiger partial charge on any atom is 0.253 e. The summed E-state index contributed by atoms with van der Waals surface area (Å²) < 4.78 is 0. The fourth-order valence-corrected chi connectivity index (χ4v) is 4.43. The van der Waals surface area contributed by atoms with Gasteiger partial charge in [0.2, 0.25) is 5.91 Å². The molecule has 0 spiro atoms. The van der Waals surface area contributed by atoms with Gasteiger partial charge in [0.15, 0.2) is 0 Å². The number of anilines is 1. The first kappa shape index (κ1) is 17.9. The molecule has 1 aliphatic heterocycles. The van der Waals surface area contributed by atoms with Crippen LogP contribution in [0.1, 0.15) is 49.4 Å². The van der Waals surface area contributed by atoms with E-state index < -0.39 is 0 Å². The van der Waals surface area contributed by atoms with Crippen molar-refractivity contribution in [2.45, 2.75) is 51.1 Å². The maximum atomic E-state index is 12.6. The quantitative estimate of drug-likeness (QED) is 0.914. The topological polar surface area (TPSA) is 52.7 Å². The van der Waals surface area contributed by atoms with Crippen molar-refractivity contribution in [1.29, 1.82) is 0 Å². The molecule has 0 unspecified atom stereocenters. The molecule has 1 aromatic rings. The first-order valence-corrected chi connectivity index (χ1v) is 9.33. The molecule has 2 fully saturated rings. The third kappa shape index (κ3) is 4.03. The van der Waals surface area contributed by atoms with Gasteiger partial charge in [-0.2, -0.15) is 0 Å². The Hall–Kier alpha value is -1.88. The lowest BCUT2D eigenvalue weighted by atomic mass is 9.85. The van der Waals surface area contributed by atoms with E-state index in [2.05, 4.69) is 17.1 Å². The Bertz CT molecular complexity index is 644. The van der Waals surface area contributed by atoms with E-state index in [1.54, 1.807) is 26.2 Å². The second-order valence-electron chi connectivity index (χ2n) is 7.70. The number of rotatable bonds is 4. The molecule has 1 heterocycles. The lowest BCUT2D eigenvalue weighted by molar-refractivity contribution is -0.118. The third-order valence-electron chi connectivity index (χ3n) is 5.63. The molecule has 0 radical (unpaired) electrons. The largest absolute Gasteiger partial charge is 0.345 e. The van der Waals surface area contributed by atoms with Crippen molar-refractivity contribution in [3.05, 3.63) is 29.8 Å². The molecule has 1 saturated carbocycles. The summed E-state index contributed by atoms with van der Waals surface area (Å²) in [7, 11) is 3.45. The van der Waals surface area contributed by atoms with Gasteiger partial charge >= 0.3 is 0 Å². The third-order valence-corrected chi connectivity index (χ3v) is 5.63. The van der Waals surface area contributed by atoms with Gasteiger partial charge in [-0.05, 0) is 50.3 Å². The van der Waals surface area contributed by atoms with Crippen molar-refractivity contribution >= 4 is 17.5 Å². The number of nitrogens with zero attached hydrogens (tertiary/aromatic N) is 2. The first-order valence-electron chi connectivity index (χ1n) is 9.33. The maximum absolute atomic E-state index is 12.6. The second kappa shape index (κ2) is 7.56. The van der Waals surface area contributed by atoms with Gasteiger partial charge in [0.05, 0.1) is 6.54 Å². The minimum Gasteiger partial charge on any atom is -0.345 e. The first-order chi connectivity index (χ1) is 12.0. The number of hydrogen-bond acceptors (Lipinski definition) is 3. The summed E-state index contributed by atoms with van der Waals surface area (Å²) in [6, 6.07) is 8.20. The molecule has 1 saturated heterocycles. The van der Waals surface area contributed by atoms with Crippen molar-refractivity contribution in [2.24, 2.45) is 5.92 Å². The minimum absolute atomic E-state index is 0.00697. The number of hydrogen-bond donors (Lipinski definition) is 1. The number of fused-ring (bicyclic) bond motifs is 1. The molecule has 5 heteroatoms. The van der Waals surface area contributed by atoms with Crippen LogP contribution in [0.2, 0.25) is 0 Å². The lowest BCUT2D eigenvalue weighted by Gasteiger charge is -2.32.